The number of halogens is 1. The van der Waals surface area contributed by atoms with Crippen LogP contribution < -0.4 is 4.90 Å². The average Bonchev–Trinajstić information content (AvgIpc) is 3.05. The maximum absolute atomic E-state index is 12.8. The standard InChI is InChI=1S/C15H12BrN3O5/c1-7(20)19-12-10(11(17-19)15(23)24-2)13(21)18(14(12)22)9-5-3-4-8(16)6-9/h3-6,10,12H,1-2H3/t10-,12-/m0/s1. The third-order valence-electron chi connectivity index (χ3n) is 3.83. The number of hydrazone groups is 1. The molecule has 0 saturated carbocycles. The lowest BCUT2D eigenvalue weighted by molar-refractivity contribution is -0.136. The first-order chi connectivity index (χ1) is 11.4. The molecule has 0 bridgehead atoms. The van der Waals surface area contributed by atoms with Crippen LogP contribution in [-0.2, 0) is 23.9 Å². The fourth-order valence-electron chi connectivity index (χ4n) is 2.82. The highest BCUT2D eigenvalue weighted by Crippen LogP contribution is 2.36. The van der Waals surface area contributed by atoms with Crippen molar-refractivity contribution in [2.24, 2.45) is 11.0 Å². The molecule has 1 aromatic carbocycles. The number of carbonyl (C=O) groups excluding carboxylic acids is 4. The van der Waals surface area contributed by atoms with Gasteiger partial charge in [0.2, 0.25) is 11.8 Å². The van der Waals surface area contributed by atoms with Crippen LogP contribution in [0.3, 0.4) is 0 Å². The lowest BCUT2D eigenvalue weighted by atomic mass is 9.98. The molecule has 1 fully saturated rings. The largest absolute Gasteiger partial charge is 0.464 e. The fraction of sp³-hybridized carbons (Fsp3) is 0.267. The second kappa shape index (κ2) is 5.82. The van der Waals surface area contributed by atoms with Gasteiger partial charge in [0.25, 0.3) is 5.91 Å². The van der Waals surface area contributed by atoms with Crippen LogP contribution in [0.4, 0.5) is 5.69 Å². The highest BCUT2D eigenvalue weighted by Gasteiger charge is 2.59. The number of carbonyl (C=O) groups is 4. The first-order valence-electron chi connectivity index (χ1n) is 6.96. The molecule has 0 N–H and O–H groups in total. The summed E-state index contributed by atoms with van der Waals surface area (Å²) in [6, 6.07) is 5.45. The Morgan fingerprint density at radius 1 is 1.25 bits per heavy atom. The van der Waals surface area contributed by atoms with Gasteiger partial charge < -0.3 is 4.74 Å². The van der Waals surface area contributed by atoms with Gasteiger partial charge in [-0.25, -0.2) is 14.7 Å². The van der Waals surface area contributed by atoms with E-state index in [1.165, 1.54) is 6.92 Å². The van der Waals surface area contributed by atoms with E-state index in [0.29, 0.717) is 10.2 Å². The molecule has 0 spiro atoms. The number of imide groups is 1. The zero-order chi connectivity index (χ0) is 17.6. The van der Waals surface area contributed by atoms with Gasteiger partial charge in [0.15, 0.2) is 11.8 Å². The molecule has 0 radical (unpaired) electrons. The summed E-state index contributed by atoms with van der Waals surface area (Å²) in [5, 5.41) is 4.71. The van der Waals surface area contributed by atoms with Crippen molar-refractivity contribution in [1.82, 2.24) is 5.01 Å². The molecule has 9 heteroatoms. The average molecular weight is 394 g/mol. The molecule has 0 aliphatic carbocycles. The Balaban J connectivity index is 2.07. The van der Waals surface area contributed by atoms with Crippen LogP contribution in [0, 0.1) is 5.92 Å². The topological polar surface area (TPSA) is 96.3 Å². The lowest BCUT2D eigenvalue weighted by Crippen LogP contribution is -2.41. The van der Waals surface area contributed by atoms with Crippen LogP contribution in [0.2, 0.25) is 0 Å². The fourth-order valence-corrected chi connectivity index (χ4v) is 3.21. The van der Waals surface area contributed by atoms with E-state index >= 15 is 0 Å². The molecule has 1 saturated heterocycles. The summed E-state index contributed by atoms with van der Waals surface area (Å²) in [6.45, 7) is 1.21. The van der Waals surface area contributed by atoms with Crippen molar-refractivity contribution in [1.29, 1.82) is 0 Å². The molecular weight excluding hydrogens is 382 g/mol. The molecule has 0 aromatic heterocycles. The Kier molecular flexibility index (Phi) is 3.96. The molecule has 24 heavy (non-hydrogen) atoms. The molecule has 124 valence electrons. The number of hydrogen-bond acceptors (Lipinski definition) is 6. The molecule has 3 rings (SSSR count). The van der Waals surface area contributed by atoms with Gasteiger partial charge in [0.05, 0.1) is 12.8 Å². The van der Waals surface area contributed by atoms with Crippen LogP contribution in [-0.4, -0.2) is 47.6 Å². The Hall–Kier alpha value is -2.55. The van der Waals surface area contributed by atoms with Crippen molar-refractivity contribution in [2.45, 2.75) is 13.0 Å². The first kappa shape index (κ1) is 16.3. The highest BCUT2D eigenvalue weighted by atomic mass is 79.9. The van der Waals surface area contributed by atoms with E-state index in [4.69, 9.17) is 0 Å². The maximum Gasteiger partial charge on any atom is 0.355 e. The smallest absolute Gasteiger partial charge is 0.355 e. The first-order valence-corrected chi connectivity index (χ1v) is 7.76. The summed E-state index contributed by atoms with van der Waals surface area (Å²) in [6.07, 6.45) is 0. The third-order valence-corrected chi connectivity index (χ3v) is 4.33. The predicted molar refractivity (Wildman–Crippen MR) is 85.9 cm³/mol. The van der Waals surface area contributed by atoms with Gasteiger partial charge in [-0.3, -0.25) is 14.4 Å². The van der Waals surface area contributed by atoms with E-state index in [1.807, 2.05) is 0 Å². The molecule has 8 nitrogen and oxygen atoms in total. The van der Waals surface area contributed by atoms with Crippen LogP contribution >= 0.6 is 15.9 Å². The van der Waals surface area contributed by atoms with Crippen molar-refractivity contribution in [3.05, 3.63) is 28.7 Å². The molecule has 0 unspecified atom stereocenters. The molecular formula is C15H12BrN3O5. The van der Waals surface area contributed by atoms with Crippen LogP contribution in [0.15, 0.2) is 33.8 Å². The second-order valence-electron chi connectivity index (χ2n) is 5.25. The summed E-state index contributed by atoms with van der Waals surface area (Å²) >= 11 is 3.28. The van der Waals surface area contributed by atoms with Gasteiger partial charge in [0.1, 0.15) is 5.92 Å². The normalized spacial score (nSPS) is 22.5. The summed E-state index contributed by atoms with van der Waals surface area (Å²) < 4.78 is 5.30. The molecule has 2 heterocycles. The zero-order valence-electron chi connectivity index (χ0n) is 12.7. The maximum atomic E-state index is 12.8. The summed E-state index contributed by atoms with van der Waals surface area (Å²) in [4.78, 5) is 50.2. The molecule has 2 atom stereocenters. The van der Waals surface area contributed by atoms with Gasteiger partial charge in [-0.15, -0.1) is 0 Å². The third kappa shape index (κ3) is 2.32. The minimum atomic E-state index is -1.16. The van der Waals surface area contributed by atoms with E-state index in [1.54, 1.807) is 24.3 Å². The quantitative estimate of drug-likeness (QED) is 0.544. The van der Waals surface area contributed by atoms with Crippen molar-refractivity contribution < 1.29 is 23.9 Å². The lowest BCUT2D eigenvalue weighted by Gasteiger charge is -2.19. The Morgan fingerprint density at radius 3 is 2.54 bits per heavy atom. The van der Waals surface area contributed by atoms with Crippen molar-refractivity contribution in [2.75, 3.05) is 12.0 Å². The minimum absolute atomic E-state index is 0.242. The second-order valence-corrected chi connectivity index (χ2v) is 6.17. The predicted octanol–water partition coefficient (Wildman–Crippen LogP) is 0.698. The number of benzene rings is 1. The van der Waals surface area contributed by atoms with Crippen molar-refractivity contribution in [3.8, 4) is 0 Å². The van der Waals surface area contributed by atoms with Crippen LogP contribution in [0.1, 0.15) is 6.92 Å². The number of amides is 3. The van der Waals surface area contributed by atoms with E-state index in [-0.39, 0.29) is 5.71 Å². The Labute approximate surface area is 145 Å². The molecule has 1 aromatic rings. The van der Waals surface area contributed by atoms with E-state index in [9.17, 15) is 19.2 Å². The van der Waals surface area contributed by atoms with E-state index < -0.39 is 35.7 Å². The molecule has 2 aliphatic rings. The SMILES string of the molecule is COC(=O)C1=NN(C(C)=O)[C@@H]2C(=O)N(c3cccc(Br)c3)C(=O)[C@@H]12. The highest BCUT2D eigenvalue weighted by molar-refractivity contribution is 9.10. The molecule has 2 aliphatic heterocycles. The van der Waals surface area contributed by atoms with Gasteiger partial charge >= 0.3 is 5.97 Å². The van der Waals surface area contributed by atoms with Crippen LogP contribution in [0.5, 0.6) is 0 Å². The summed E-state index contributed by atoms with van der Waals surface area (Å²) in [5.74, 6) is -3.77. The van der Waals surface area contributed by atoms with Gasteiger partial charge in [-0.05, 0) is 18.2 Å². The van der Waals surface area contributed by atoms with Gasteiger partial charge in [-0.2, -0.15) is 5.10 Å². The number of hydrogen-bond donors (Lipinski definition) is 0. The number of esters is 1. The van der Waals surface area contributed by atoms with Crippen LogP contribution in [0.25, 0.3) is 0 Å². The minimum Gasteiger partial charge on any atom is -0.464 e. The number of methoxy groups -OCH3 is 1. The van der Waals surface area contributed by atoms with E-state index in [2.05, 4.69) is 25.8 Å². The number of nitrogens with zero attached hydrogens (tertiary/aromatic N) is 3. The number of fused-ring (bicyclic) bond motifs is 1. The summed E-state index contributed by atoms with van der Waals surface area (Å²) in [5.41, 5.74) is 0.107. The number of anilines is 1. The van der Waals surface area contributed by atoms with Crippen molar-refractivity contribution in [3.63, 3.8) is 0 Å². The van der Waals surface area contributed by atoms with Gasteiger partial charge in [-0.1, -0.05) is 22.0 Å². The number of ether oxygens (including phenoxy) is 1. The zero-order valence-corrected chi connectivity index (χ0v) is 14.3. The summed E-state index contributed by atoms with van der Waals surface area (Å²) in [7, 11) is 1.14. The van der Waals surface area contributed by atoms with E-state index in [0.717, 1.165) is 17.0 Å². The Morgan fingerprint density at radius 2 is 1.96 bits per heavy atom. The molecule has 3 amide bonds. The Bertz CT molecular complexity index is 806. The van der Waals surface area contributed by atoms with Gasteiger partial charge in [0, 0.05) is 11.4 Å². The monoisotopic (exact) mass is 393 g/mol. The van der Waals surface area contributed by atoms with Crippen molar-refractivity contribution >= 4 is 51.0 Å². The number of rotatable bonds is 2.